The molecule has 0 radical (unpaired) electrons. The van der Waals surface area contributed by atoms with Crippen LogP contribution >= 0.6 is 0 Å². The quantitative estimate of drug-likeness (QED) is 0.178. The molecule has 0 aliphatic heterocycles. The Balaban J connectivity index is 1.07. The molecular weight excluding hydrogens is 566 g/mol. The van der Waals surface area contributed by atoms with Crippen LogP contribution in [0.25, 0.3) is 6.08 Å². The molecule has 0 aromatic heterocycles. The van der Waals surface area contributed by atoms with Crippen LogP contribution < -0.4 is 24.8 Å². The van der Waals surface area contributed by atoms with Crippen LogP contribution in [0.15, 0.2) is 72.3 Å². The van der Waals surface area contributed by atoms with Crippen LogP contribution in [0.4, 0.5) is 11.4 Å². The third-order valence-electron chi connectivity index (χ3n) is 9.48. The minimum absolute atomic E-state index is 0.0920. The van der Waals surface area contributed by atoms with Gasteiger partial charge in [-0.15, -0.1) is 0 Å². The van der Waals surface area contributed by atoms with Gasteiger partial charge in [-0.3, -0.25) is 9.59 Å². The minimum atomic E-state index is -0.567. The number of ether oxygens (including phenoxy) is 3. The molecule has 8 heteroatoms. The molecule has 0 unspecified atom stereocenters. The zero-order valence-electron chi connectivity index (χ0n) is 25.8. The maximum absolute atomic E-state index is 12.8. The van der Waals surface area contributed by atoms with Crippen LogP contribution in [0.3, 0.4) is 0 Å². The molecule has 0 atom stereocenters. The van der Waals surface area contributed by atoms with Gasteiger partial charge < -0.3 is 24.8 Å². The molecular formula is C37H39N3O5. The molecule has 4 aliphatic carbocycles. The van der Waals surface area contributed by atoms with Crippen LogP contribution in [-0.4, -0.2) is 32.1 Å². The molecule has 0 saturated heterocycles. The van der Waals surface area contributed by atoms with Gasteiger partial charge in [0.05, 0.1) is 19.4 Å². The van der Waals surface area contributed by atoms with Crippen molar-refractivity contribution in [1.82, 2.24) is 0 Å². The summed E-state index contributed by atoms with van der Waals surface area (Å²) in [6.45, 7) is 2.01. The Hall–Kier alpha value is -4.77. The first-order chi connectivity index (χ1) is 21.9. The molecule has 4 bridgehead atoms. The van der Waals surface area contributed by atoms with E-state index in [0.29, 0.717) is 40.5 Å². The summed E-state index contributed by atoms with van der Waals surface area (Å²) in [6.07, 6.45) is 9.65. The van der Waals surface area contributed by atoms with Crippen molar-refractivity contribution >= 4 is 29.3 Å². The number of nitriles is 1. The number of hydrogen-bond acceptors (Lipinski definition) is 6. The molecule has 3 aromatic carbocycles. The van der Waals surface area contributed by atoms with Gasteiger partial charge in [-0.2, -0.15) is 5.26 Å². The smallest absolute Gasteiger partial charge is 0.266 e. The number of nitrogens with one attached hydrogen (secondary N) is 2. The van der Waals surface area contributed by atoms with Crippen molar-refractivity contribution in [3.8, 4) is 23.3 Å². The second-order valence-electron chi connectivity index (χ2n) is 12.6. The Bertz CT molecular complexity index is 1600. The van der Waals surface area contributed by atoms with Crippen molar-refractivity contribution in [1.29, 1.82) is 5.26 Å². The molecule has 45 heavy (non-hydrogen) atoms. The van der Waals surface area contributed by atoms with Crippen molar-refractivity contribution in [2.75, 3.05) is 31.0 Å². The fraction of sp³-hybridized carbons (Fsp3) is 0.378. The lowest BCUT2D eigenvalue weighted by Crippen LogP contribution is -2.48. The van der Waals surface area contributed by atoms with E-state index < -0.39 is 5.91 Å². The standard InChI is InChI=1S/C37H39N3O5/c1-3-44-34-18-24(17-28(22-38)36(42)40-31-6-4-5-7-32(31)43-2)8-13-33(34)45-23-35(41)39-30-11-9-29(10-12-30)37-19-25-14-26(20-37)16-27(15-25)21-37/h4-13,17-18,25-27H,3,14-16,19-21,23H2,1-2H3,(H,39,41)(H,40,42)/b28-17-. The topological polar surface area (TPSA) is 110 Å². The Kier molecular flexibility index (Phi) is 8.79. The molecule has 0 spiro atoms. The lowest BCUT2D eigenvalue weighted by molar-refractivity contribution is -0.118. The fourth-order valence-electron chi connectivity index (χ4n) is 7.97. The maximum atomic E-state index is 12.8. The predicted octanol–water partition coefficient (Wildman–Crippen LogP) is 7.12. The van der Waals surface area contributed by atoms with E-state index in [1.54, 1.807) is 42.5 Å². The summed E-state index contributed by atoms with van der Waals surface area (Å²) in [7, 11) is 1.51. The van der Waals surface area contributed by atoms with Crippen LogP contribution in [-0.2, 0) is 15.0 Å². The first kappa shape index (κ1) is 30.3. The van der Waals surface area contributed by atoms with Gasteiger partial charge in [-0.25, -0.2) is 0 Å². The molecule has 8 nitrogen and oxygen atoms in total. The van der Waals surface area contributed by atoms with Gasteiger partial charge in [0, 0.05) is 5.69 Å². The highest BCUT2D eigenvalue weighted by molar-refractivity contribution is 6.10. The highest BCUT2D eigenvalue weighted by Gasteiger charge is 2.51. The third kappa shape index (κ3) is 6.68. The normalized spacial score (nSPS) is 23.1. The Morgan fingerprint density at radius 2 is 1.58 bits per heavy atom. The van der Waals surface area contributed by atoms with E-state index in [1.807, 2.05) is 25.1 Å². The molecule has 2 amide bonds. The summed E-state index contributed by atoms with van der Waals surface area (Å²) in [4.78, 5) is 25.6. The summed E-state index contributed by atoms with van der Waals surface area (Å²) in [5.41, 5.74) is 3.43. The summed E-state index contributed by atoms with van der Waals surface area (Å²) in [5.74, 6) is 3.10. The highest BCUT2D eigenvalue weighted by Crippen LogP contribution is 2.60. The van der Waals surface area contributed by atoms with E-state index in [9.17, 15) is 14.9 Å². The molecule has 232 valence electrons. The largest absolute Gasteiger partial charge is 0.495 e. The highest BCUT2D eigenvalue weighted by atomic mass is 16.5. The maximum Gasteiger partial charge on any atom is 0.266 e. The zero-order valence-corrected chi connectivity index (χ0v) is 25.8. The number of benzene rings is 3. The van der Waals surface area contributed by atoms with Crippen LogP contribution in [0, 0.1) is 29.1 Å². The van der Waals surface area contributed by atoms with E-state index in [0.717, 1.165) is 23.4 Å². The van der Waals surface area contributed by atoms with Gasteiger partial charge in [0.2, 0.25) is 0 Å². The van der Waals surface area contributed by atoms with Gasteiger partial charge in [-0.1, -0.05) is 30.3 Å². The Labute approximate surface area is 264 Å². The Morgan fingerprint density at radius 1 is 0.889 bits per heavy atom. The summed E-state index contributed by atoms with van der Waals surface area (Å²) in [6, 6.07) is 22.4. The monoisotopic (exact) mass is 605 g/mol. The van der Waals surface area contributed by atoms with Gasteiger partial charge in [0.25, 0.3) is 11.8 Å². The predicted molar refractivity (Wildman–Crippen MR) is 173 cm³/mol. The van der Waals surface area contributed by atoms with E-state index in [-0.39, 0.29) is 18.1 Å². The number of carbonyl (C=O) groups excluding carboxylic acids is 2. The lowest BCUT2D eigenvalue weighted by Gasteiger charge is -2.57. The summed E-state index contributed by atoms with van der Waals surface area (Å²) in [5, 5.41) is 15.3. The molecule has 4 fully saturated rings. The zero-order chi connectivity index (χ0) is 31.4. The van der Waals surface area contributed by atoms with Crippen molar-refractivity contribution in [2.45, 2.75) is 50.9 Å². The SMILES string of the molecule is CCOc1cc(/C=C(/C#N)C(=O)Nc2ccccc2OC)ccc1OCC(=O)Nc1ccc(C23CC4CC(CC(C4)C2)C3)cc1. The number of carbonyl (C=O) groups is 2. The second-order valence-corrected chi connectivity index (χ2v) is 12.6. The van der Waals surface area contributed by atoms with Gasteiger partial charge >= 0.3 is 0 Å². The molecule has 4 saturated carbocycles. The lowest BCUT2D eigenvalue weighted by atomic mass is 9.48. The van der Waals surface area contributed by atoms with Crippen molar-refractivity contribution < 1.29 is 23.8 Å². The number of methoxy groups -OCH3 is 1. The van der Waals surface area contributed by atoms with Crippen molar-refractivity contribution in [3.05, 3.63) is 83.4 Å². The number of rotatable bonds is 11. The minimum Gasteiger partial charge on any atom is -0.495 e. The average Bonchev–Trinajstić information content (AvgIpc) is 3.03. The number of amides is 2. The van der Waals surface area contributed by atoms with Gasteiger partial charge in [0.1, 0.15) is 17.4 Å². The molecule has 7 rings (SSSR count). The van der Waals surface area contributed by atoms with Gasteiger partial charge in [0.15, 0.2) is 18.1 Å². The van der Waals surface area contributed by atoms with Crippen LogP contribution in [0.1, 0.15) is 56.6 Å². The Morgan fingerprint density at radius 3 is 2.22 bits per heavy atom. The van der Waals surface area contributed by atoms with Crippen molar-refractivity contribution in [3.63, 3.8) is 0 Å². The second kappa shape index (κ2) is 13.1. The van der Waals surface area contributed by atoms with Crippen LogP contribution in [0.2, 0.25) is 0 Å². The first-order valence-corrected chi connectivity index (χ1v) is 15.7. The van der Waals surface area contributed by atoms with Crippen molar-refractivity contribution in [2.24, 2.45) is 17.8 Å². The number of hydrogen-bond donors (Lipinski definition) is 2. The fourth-order valence-corrected chi connectivity index (χ4v) is 7.97. The number of para-hydroxylation sites is 2. The van der Waals surface area contributed by atoms with Gasteiger partial charge in [-0.05, 0) is 122 Å². The molecule has 2 N–H and O–H groups in total. The molecule has 0 heterocycles. The van der Waals surface area contributed by atoms with E-state index in [1.165, 1.54) is 57.3 Å². The molecule has 3 aromatic rings. The number of nitrogens with zero attached hydrogens (tertiary/aromatic N) is 1. The first-order valence-electron chi connectivity index (χ1n) is 15.7. The number of anilines is 2. The summed E-state index contributed by atoms with van der Waals surface area (Å²) < 4.78 is 16.9. The third-order valence-corrected chi connectivity index (χ3v) is 9.48. The van der Waals surface area contributed by atoms with Crippen LogP contribution in [0.5, 0.6) is 17.2 Å². The van der Waals surface area contributed by atoms with E-state index in [4.69, 9.17) is 14.2 Å². The summed E-state index contributed by atoms with van der Waals surface area (Å²) >= 11 is 0. The van der Waals surface area contributed by atoms with E-state index in [2.05, 4.69) is 22.8 Å². The average molecular weight is 606 g/mol. The van der Waals surface area contributed by atoms with E-state index >= 15 is 0 Å². The molecule has 4 aliphatic rings.